The summed E-state index contributed by atoms with van der Waals surface area (Å²) in [6.07, 6.45) is 54.3. The van der Waals surface area contributed by atoms with Crippen LogP contribution >= 0.6 is 0 Å². The Labute approximate surface area is 505 Å². The van der Waals surface area contributed by atoms with E-state index >= 15 is 0 Å². The van der Waals surface area contributed by atoms with E-state index < -0.39 is 86.8 Å². The summed E-state index contributed by atoms with van der Waals surface area (Å²) in [5, 5.41) is 87.3. The van der Waals surface area contributed by atoms with Gasteiger partial charge in [-0.2, -0.15) is 0 Å². The number of ether oxygens (including phenoxy) is 4. The lowest BCUT2D eigenvalue weighted by molar-refractivity contribution is -0.359. The molecule has 0 spiro atoms. The lowest BCUT2D eigenvalue weighted by atomic mass is 9.97. The van der Waals surface area contributed by atoms with Gasteiger partial charge in [0.1, 0.15) is 48.8 Å². The normalized spacial score (nSPS) is 24.2. The molecular weight excluding hydrogens is 1050 g/mol. The van der Waals surface area contributed by atoms with Crippen LogP contribution in [0.4, 0.5) is 0 Å². The first-order valence-electron chi connectivity index (χ1n) is 34.0. The summed E-state index contributed by atoms with van der Waals surface area (Å²) >= 11 is 0. The van der Waals surface area contributed by atoms with Crippen LogP contribution in [0, 0.1) is 0 Å². The van der Waals surface area contributed by atoms with Gasteiger partial charge in [-0.15, -0.1) is 0 Å². The Morgan fingerprint density at radius 2 is 0.831 bits per heavy atom. The molecule has 2 aliphatic heterocycles. The smallest absolute Gasteiger partial charge is 0.220 e. The van der Waals surface area contributed by atoms with E-state index in [4.69, 9.17) is 18.9 Å². The first-order chi connectivity index (χ1) is 40.6. The zero-order valence-corrected chi connectivity index (χ0v) is 52.4. The Kier molecular flexibility index (Phi) is 49.9. The van der Waals surface area contributed by atoms with Crippen molar-refractivity contribution in [2.24, 2.45) is 0 Å². The van der Waals surface area contributed by atoms with Gasteiger partial charge in [-0.3, -0.25) is 4.79 Å². The summed E-state index contributed by atoms with van der Waals surface area (Å²) in [6, 6.07) is -0.932. The van der Waals surface area contributed by atoms with Crippen molar-refractivity contribution in [1.29, 1.82) is 0 Å². The Morgan fingerprint density at radius 3 is 1.28 bits per heavy atom. The Morgan fingerprint density at radius 1 is 0.446 bits per heavy atom. The fourth-order valence-corrected chi connectivity index (χ4v) is 11.0. The molecule has 9 N–H and O–H groups in total. The van der Waals surface area contributed by atoms with E-state index in [0.29, 0.717) is 6.42 Å². The van der Waals surface area contributed by atoms with Gasteiger partial charge in [0.05, 0.1) is 32.0 Å². The molecule has 0 saturated carbocycles. The molecule has 14 nitrogen and oxygen atoms in total. The maximum atomic E-state index is 13.3. The maximum absolute atomic E-state index is 13.3. The SMILES string of the molecule is CC/C=C\C/C=C\C/C=C\C/C=C\CCCCCCC(=O)NC(COC1OC(CO)C(OC2OC(CO)C(O)C(O)C2O)C(O)C1O)C(O)/C=C/CCCCCCCCCCCCCCCCCCCCCCCCCCCCCCCC. The minimum atomic E-state index is -1.79. The van der Waals surface area contributed by atoms with Gasteiger partial charge in [0.2, 0.25) is 5.91 Å². The van der Waals surface area contributed by atoms with Crippen LogP contribution in [0.2, 0.25) is 0 Å². The molecule has 1 amide bonds. The average molecular weight is 1180 g/mol. The highest BCUT2D eigenvalue weighted by atomic mass is 16.7. The van der Waals surface area contributed by atoms with Gasteiger partial charge in [-0.1, -0.05) is 274 Å². The van der Waals surface area contributed by atoms with Crippen molar-refractivity contribution in [2.75, 3.05) is 19.8 Å². The Bertz CT molecular complexity index is 1620. The highest BCUT2D eigenvalue weighted by molar-refractivity contribution is 5.76. The van der Waals surface area contributed by atoms with Gasteiger partial charge in [-0.25, -0.2) is 0 Å². The minimum Gasteiger partial charge on any atom is -0.394 e. The fourth-order valence-electron chi connectivity index (χ4n) is 11.0. The molecule has 0 aliphatic carbocycles. The van der Waals surface area contributed by atoms with E-state index in [-0.39, 0.29) is 18.9 Å². The topological polar surface area (TPSA) is 228 Å². The number of hydrogen-bond donors (Lipinski definition) is 9. The molecule has 2 fully saturated rings. The second kappa shape index (κ2) is 53.9. The van der Waals surface area contributed by atoms with Gasteiger partial charge >= 0.3 is 0 Å². The highest BCUT2D eigenvalue weighted by Crippen LogP contribution is 2.30. The zero-order valence-electron chi connectivity index (χ0n) is 52.4. The van der Waals surface area contributed by atoms with Crippen molar-refractivity contribution >= 4 is 5.91 Å². The fraction of sp³-hybridized carbons (Fsp3) is 0.841. The van der Waals surface area contributed by atoms with Crippen LogP contribution in [0.25, 0.3) is 0 Å². The van der Waals surface area contributed by atoms with Gasteiger partial charge < -0.3 is 65.1 Å². The minimum absolute atomic E-state index is 0.251. The van der Waals surface area contributed by atoms with E-state index in [1.165, 1.54) is 180 Å². The number of carbonyl (C=O) groups excluding carboxylic acids is 1. The van der Waals surface area contributed by atoms with Crippen molar-refractivity contribution in [1.82, 2.24) is 5.32 Å². The number of rotatable bonds is 55. The standard InChI is InChI=1S/C69H125NO13/c1-3-5-7-9-11-13-15-17-19-21-22-23-24-25-26-27-28-29-30-31-32-33-34-35-37-38-40-42-44-46-48-50-52-58(73)57(70-61(74)53-51-49-47-45-43-41-39-36-20-18-16-14-12-10-8-6-4-2)56-80-68-66(79)64(77)67(60(55-72)82-68)83-69-65(78)63(76)62(75)59(54-71)81-69/h6,8,12,14,18,20,39,41,50,52,57-60,62-69,71-73,75-79H,3-5,7,9-11,13,15-17,19,21-38,40,42-49,51,53-56H2,1-2H3,(H,70,74)/b8-6-,14-12-,20-18-,41-39-,52-50+. The van der Waals surface area contributed by atoms with E-state index in [1.54, 1.807) is 6.08 Å². The second-order valence-corrected chi connectivity index (χ2v) is 23.9. The molecule has 2 saturated heterocycles. The third kappa shape index (κ3) is 38.6. The second-order valence-electron chi connectivity index (χ2n) is 23.9. The van der Waals surface area contributed by atoms with Crippen molar-refractivity contribution in [3.05, 3.63) is 60.8 Å². The summed E-state index contributed by atoms with van der Waals surface area (Å²) in [5.74, 6) is -0.262. The molecule has 12 atom stereocenters. The quantitative estimate of drug-likeness (QED) is 0.0204. The van der Waals surface area contributed by atoms with E-state index in [0.717, 1.165) is 70.6 Å². The summed E-state index contributed by atoms with van der Waals surface area (Å²) in [4.78, 5) is 13.3. The molecule has 0 aromatic heterocycles. The number of carbonyl (C=O) groups is 1. The molecule has 2 aliphatic rings. The molecule has 0 aromatic carbocycles. The van der Waals surface area contributed by atoms with Crippen molar-refractivity contribution in [3.8, 4) is 0 Å². The summed E-state index contributed by atoms with van der Waals surface area (Å²) < 4.78 is 22.8. The van der Waals surface area contributed by atoms with Gasteiger partial charge in [0, 0.05) is 6.42 Å². The van der Waals surface area contributed by atoms with Crippen LogP contribution in [0.3, 0.4) is 0 Å². The Hall–Kier alpha value is -2.31. The molecule has 0 bridgehead atoms. The number of aliphatic hydroxyl groups is 8. The van der Waals surface area contributed by atoms with Crippen molar-refractivity contribution < 1.29 is 64.6 Å². The predicted molar refractivity (Wildman–Crippen MR) is 337 cm³/mol. The monoisotopic (exact) mass is 1180 g/mol. The van der Waals surface area contributed by atoms with Crippen LogP contribution in [-0.4, -0.2) is 140 Å². The molecule has 83 heavy (non-hydrogen) atoms. The van der Waals surface area contributed by atoms with E-state index in [9.17, 15) is 45.6 Å². The number of nitrogens with one attached hydrogen (secondary N) is 1. The highest BCUT2D eigenvalue weighted by Gasteiger charge is 2.51. The van der Waals surface area contributed by atoms with Gasteiger partial charge in [-0.05, 0) is 57.8 Å². The van der Waals surface area contributed by atoms with E-state index in [1.807, 2.05) is 6.08 Å². The Balaban J connectivity index is 1.67. The molecule has 2 heterocycles. The van der Waals surface area contributed by atoms with Crippen molar-refractivity contribution in [3.63, 3.8) is 0 Å². The van der Waals surface area contributed by atoms with E-state index in [2.05, 4.69) is 67.8 Å². The van der Waals surface area contributed by atoms with Crippen LogP contribution < -0.4 is 5.32 Å². The van der Waals surface area contributed by atoms with Gasteiger partial charge in [0.15, 0.2) is 12.6 Å². The largest absolute Gasteiger partial charge is 0.394 e. The molecule has 0 radical (unpaired) electrons. The average Bonchev–Trinajstić information content (AvgIpc) is 3.65. The molecule has 14 heteroatoms. The summed E-state index contributed by atoms with van der Waals surface area (Å²) in [7, 11) is 0. The lowest BCUT2D eigenvalue weighted by Gasteiger charge is -2.46. The third-order valence-corrected chi connectivity index (χ3v) is 16.5. The van der Waals surface area contributed by atoms with Crippen LogP contribution in [-0.2, 0) is 23.7 Å². The first kappa shape index (κ1) is 76.8. The van der Waals surface area contributed by atoms with Crippen LogP contribution in [0.5, 0.6) is 0 Å². The molecule has 484 valence electrons. The number of allylic oxidation sites excluding steroid dienone is 9. The zero-order chi connectivity index (χ0) is 60.2. The lowest BCUT2D eigenvalue weighted by Crippen LogP contribution is -2.65. The number of hydrogen-bond acceptors (Lipinski definition) is 13. The molecular formula is C69H125NO13. The summed E-state index contributed by atoms with van der Waals surface area (Å²) in [5.41, 5.74) is 0. The maximum Gasteiger partial charge on any atom is 0.220 e. The summed E-state index contributed by atoms with van der Waals surface area (Å²) in [6.45, 7) is 2.69. The molecule has 12 unspecified atom stereocenters. The van der Waals surface area contributed by atoms with Crippen LogP contribution in [0.15, 0.2) is 60.8 Å². The number of amides is 1. The number of aliphatic hydroxyl groups excluding tert-OH is 8. The third-order valence-electron chi connectivity index (χ3n) is 16.5. The van der Waals surface area contributed by atoms with Gasteiger partial charge in [0.25, 0.3) is 0 Å². The molecule has 2 rings (SSSR count). The van der Waals surface area contributed by atoms with Crippen LogP contribution in [0.1, 0.15) is 277 Å². The predicted octanol–water partition coefficient (Wildman–Crippen LogP) is 13.3. The number of unbranched alkanes of at least 4 members (excludes halogenated alkanes) is 34. The molecule has 0 aromatic rings. The van der Waals surface area contributed by atoms with Crippen molar-refractivity contribution in [2.45, 2.75) is 351 Å². The first-order valence-corrected chi connectivity index (χ1v) is 34.0.